The highest BCUT2D eigenvalue weighted by molar-refractivity contribution is 6.30. The van der Waals surface area contributed by atoms with Gasteiger partial charge in [0.25, 0.3) is 0 Å². The highest BCUT2D eigenvalue weighted by Gasteiger charge is 2.43. The van der Waals surface area contributed by atoms with Crippen molar-refractivity contribution < 1.29 is 9.59 Å². The summed E-state index contributed by atoms with van der Waals surface area (Å²) in [6.45, 7) is 4.01. The van der Waals surface area contributed by atoms with Crippen LogP contribution in [0.1, 0.15) is 63.9 Å². The SMILES string of the molecule is C[C@@H](N)CC(=O)N[C@H](Cc1ccc(Cl)cc1)C(=O)N1CCC(Cn2cncn2)(C2CCCCC2)CC1. The highest BCUT2D eigenvalue weighted by atomic mass is 35.5. The van der Waals surface area contributed by atoms with E-state index in [9.17, 15) is 9.59 Å². The van der Waals surface area contributed by atoms with Crippen molar-refractivity contribution in [3.63, 3.8) is 0 Å². The molecule has 0 radical (unpaired) electrons. The number of halogens is 1. The summed E-state index contributed by atoms with van der Waals surface area (Å²) in [5.41, 5.74) is 6.91. The summed E-state index contributed by atoms with van der Waals surface area (Å²) < 4.78 is 1.96. The molecule has 1 aliphatic heterocycles. The summed E-state index contributed by atoms with van der Waals surface area (Å²) in [5.74, 6) is 0.418. The van der Waals surface area contributed by atoms with Gasteiger partial charge in [-0.1, -0.05) is 43.0 Å². The Hall–Kier alpha value is -2.45. The zero-order chi connectivity index (χ0) is 25.5. The monoisotopic (exact) mass is 514 g/mol. The molecule has 8 nitrogen and oxygen atoms in total. The molecule has 1 aromatic heterocycles. The number of aromatic nitrogens is 3. The van der Waals surface area contributed by atoms with Crippen LogP contribution in [0.3, 0.4) is 0 Å². The van der Waals surface area contributed by atoms with E-state index in [1.54, 1.807) is 19.6 Å². The van der Waals surface area contributed by atoms with E-state index < -0.39 is 6.04 Å². The number of piperidine rings is 1. The van der Waals surface area contributed by atoms with Crippen molar-refractivity contribution in [1.29, 1.82) is 0 Å². The maximum absolute atomic E-state index is 13.7. The molecule has 36 heavy (non-hydrogen) atoms. The maximum atomic E-state index is 13.7. The topological polar surface area (TPSA) is 106 Å². The van der Waals surface area contributed by atoms with Crippen molar-refractivity contribution in [3.05, 3.63) is 47.5 Å². The number of nitrogens with one attached hydrogen (secondary N) is 1. The van der Waals surface area contributed by atoms with Gasteiger partial charge in [-0.15, -0.1) is 0 Å². The van der Waals surface area contributed by atoms with Crippen LogP contribution < -0.4 is 11.1 Å². The third-order valence-corrected chi connectivity index (χ3v) is 8.23. The molecular formula is C27H39ClN6O2. The van der Waals surface area contributed by atoms with Crippen LogP contribution in [-0.4, -0.2) is 56.7 Å². The van der Waals surface area contributed by atoms with Crippen LogP contribution in [0.2, 0.25) is 5.02 Å². The summed E-state index contributed by atoms with van der Waals surface area (Å²) in [6.07, 6.45) is 12.2. The summed E-state index contributed by atoms with van der Waals surface area (Å²) in [7, 11) is 0. The zero-order valence-electron chi connectivity index (χ0n) is 21.2. The van der Waals surface area contributed by atoms with Crippen molar-refractivity contribution in [2.24, 2.45) is 17.1 Å². The molecule has 1 aliphatic carbocycles. The average molecular weight is 515 g/mol. The molecule has 1 saturated heterocycles. The first-order valence-electron chi connectivity index (χ1n) is 13.3. The Balaban J connectivity index is 1.47. The Kier molecular flexibility index (Phi) is 9.01. The summed E-state index contributed by atoms with van der Waals surface area (Å²) in [6, 6.07) is 6.54. The fourth-order valence-corrected chi connectivity index (χ4v) is 6.17. The number of carbonyl (C=O) groups excluding carboxylic acids is 2. The van der Waals surface area contributed by atoms with E-state index >= 15 is 0 Å². The minimum atomic E-state index is -0.630. The first kappa shape index (κ1) is 26.6. The minimum Gasteiger partial charge on any atom is -0.344 e. The molecule has 2 aliphatic rings. The number of hydrogen-bond donors (Lipinski definition) is 2. The van der Waals surface area contributed by atoms with E-state index in [-0.39, 0.29) is 29.7 Å². The third-order valence-electron chi connectivity index (χ3n) is 7.98. The van der Waals surface area contributed by atoms with Gasteiger partial charge < -0.3 is 16.0 Å². The van der Waals surface area contributed by atoms with E-state index in [0.717, 1.165) is 24.9 Å². The number of rotatable bonds is 9. The summed E-state index contributed by atoms with van der Waals surface area (Å²) in [4.78, 5) is 32.4. The molecule has 2 atom stereocenters. The molecular weight excluding hydrogens is 476 g/mol. The molecule has 1 saturated carbocycles. The number of carbonyl (C=O) groups is 2. The van der Waals surface area contributed by atoms with Gasteiger partial charge in [-0.25, -0.2) is 4.98 Å². The van der Waals surface area contributed by atoms with E-state index in [0.29, 0.717) is 30.5 Å². The second-order valence-electron chi connectivity index (χ2n) is 10.7. The molecule has 4 rings (SSSR count). The third kappa shape index (κ3) is 6.85. The molecule has 3 N–H and O–H groups in total. The molecule has 0 spiro atoms. The number of hydrogen-bond acceptors (Lipinski definition) is 5. The molecule has 9 heteroatoms. The van der Waals surface area contributed by atoms with Crippen molar-refractivity contribution in [3.8, 4) is 0 Å². The van der Waals surface area contributed by atoms with Crippen LogP contribution in [0, 0.1) is 11.3 Å². The van der Waals surface area contributed by atoms with E-state index in [1.807, 2.05) is 33.8 Å². The van der Waals surface area contributed by atoms with Crippen LogP contribution in [-0.2, 0) is 22.6 Å². The number of amides is 2. The molecule has 2 aromatic rings. The standard InChI is InChI=1S/C27H39ClN6O2/c1-20(29)15-25(35)32-24(16-21-7-9-23(28)10-8-21)26(36)33-13-11-27(12-14-33,17-34-19-30-18-31-34)22-5-3-2-4-6-22/h7-10,18-20,22,24H,2-6,11-17,29H2,1H3,(H,32,35)/t20-,24-/m1/s1. The van der Waals surface area contributed by atoms with Gasteiger partial charge in [-0.2, -0.15) is 5.10 Å². The van der Waals surface area contributed by atoms with Crippen LogP contribution in [0.5, 0.6) is 0 Å². The maximum Gasteiger partial charge on any atom is 0.245 e. The minimum absolute atomic E-state index is 0.0269. The zero-order valence-corrected chi connectivity index (χ0v) is 22.0. The van der Waals surface area contributed by atoms with Gasteiger partial charge >= 0.3 is 0 Å². The second kappa shape index (κ2) is 12.2. The predicted molar refractivity (Wildman–Crippen MR) is 140 cm³/mol. The highest BCUT2D eigenvalue weighted by Crippen LogP contribution is 2.47. The average Bonchev–Trinajstić information content (AvgIpc) is 3.38. The van der Waals surface area contributed by atoms with Crippen molar-refractivity contribution >= 4 is 23.4 Å². The van der Waals surface area contributed by atoms with Gasteiger partial charge in [-0.3, -0.25) is 14.3 Å². The van der Waals surface area contributed by atoms with Crippen molar-refractivity contribution in [2.75, 3.05) is 13.1 Å². The number of nitrogens with zero attached hydrogens (tertiary/aromatic N) is 4. The first-order valence-corrected chi connectivity index (χ1v) is 13.6. The van der Waals surface area contributed by atoms with Gasteiger partial charge in [0.1, 0.15) is 18.7 Å². The van der Waals surface area contributed by atoms with Gasteiger partial charge in [0.05, 0.1) is 0 Å². The smallest absolute Gasteiger partial charge is 0.245 e. The second-order valence-corrected chi connectivity index (χ2v) is 11.2. The normalized spacial score (nSPS) is 20.0. The molecule has 196 valence electrons. The van der Waals surface area contributed by atoms with Gasteiger partial charge in [-0.05, 0) is 61.6 Å². The largest absolute Gasteiger partial charge is 0.344 e. The Morgan fingerprint density at radius 2 is 1.86 bits per heavy atom. The molecule has 1 aromatic carbocycles. The van der Waals surface area contributed by atoms with Crippen LogP contribution in [0.25, 0.3) is 0 Å². The van der Waals surface area contributed by atoms with Gasteiger partial charge in [0.2, 0.25) is 11.8 Å². The molecule has 0 unspecified atom stereocenters. The molecule has 2 heterocycles. The Bertz CT molecular complexity index is 980. The van der Waals surface area contributed by atoms with Crippen LogP contribution in [0.4, 0.5) is 0 Å². The molecule has 0 bridgehead atoms. The van der Waals surface area contributed by atoms with Gasteiger partial charge in [0, 0.05) is 43.5 Å². The van der Waals surface area contributed by atoms with E-state index in [1.165, 1.54) is 32.1 Å². The Labute approximate surface area is 219 Å². The number of benzene rings is 1. The van der Waals surface area contributed by atoms with E-state index in [4.69, 9.17) is 17.3 Å². The Morgan fingerprint density at radius 3 is 2.47 bits per heavy atom. The van der Waals surface area contributed by atoms with Crippen molar-refractivity contribution in [1.82, 2.24) is 25.0 Å². The summed E-state index contributed by atoms with van der Waals surface area (Å²) in [5, 5.41) is 8.01. The lowest BCUT2D eigenvalue weighted by atomic mass is 9.63. The fraction of sp³-hybridized carbons (Fsp3) is 0.630. The Morgan fingerprint density at radius 1 is 1.17 bits per heavy atom. The molecule has 2 amide bonds. The fourth-order valence-electron chi connectivity index (χ4n) is 6.04. The van der Waals surface area contributed by atoms with E-state index in [2.05, 4.69) is 15.4 Å². The number of likely N-dealkylation sites (tertiary alicyclic amines) is 1. The van der Waals surface area contributed by atoms with Crippen LogP contribution >= 0.6 is 11.6 Å². The van der Waals surface area contributed by atoms with Crippen molar-refractivity contribution in [2.45, 2.75) is 83.3 Å². The van der Waals surface area contributed by atoms with Gasteiger partial charge in [0.15, 0.2) is 0 Å². The quantitative estimate of drug-likeness (QED) is 0.532. The predicted octanol–water partition coefficient (Wildman–Crippen LogP) is 3.59. The lowest BCUT2D eigenvalue weighted by molar-refractivity contribution is -0.139. The van der Waals surface area contributed by atoms with Crippen LogP contribution in [0.15, 0.2) is 36.9 Å². The lowest BCUT2D eigenvalue weighted by Crippen LogP contribution is -2.55. The molecule has 2 fully saturated rings. The lowest BCUT2D eigenvalue weighted by Gasteiger charge is -2.48. The first-order chi connectivity index (χ1) is 17.3. The summed E-state index contributed by atoms with van der Waals surface area (Å²) >= 11 is 6.05. The number of nitrogens with two attached hydrogens (primary N) is 1.